The standard InChI is InChI=1S/C17H23N3O4/c1-5-19(11-9-14(21)24-6-2)17(22)15-12(3)18-16-13(23-4)8-7-10-20(15)16/h7-8,10H,5-6,9,11H2,1-4H3. The number of fused-ring (bicyclic) bond motifs is 1. The second-order valence-corrected chi connectivity index (χ2v) is 5.26. The molecule has 0 unspecified atom stereocenters. The second kappa shape index (κ2) is 7.81. The molecule has 2 aromatic heterocycles. The number of carbonyl (C=O) groups is 2. The molecule has 0 fully saturated rings. The Kier molecular flexibility index (Phi) is 5.78. The van der Waals surface area contributed by atoms with Gasteiger partial charge in [0.15, 0.2) is 11.4 Å². The first kappa shape index (κ1) is 17.8. The Hall–Kier alpha value is -2.57. The van der Waals surface area contributed by atoms with E-state index in [1.165, 1.54) is 0 Å². The van der Waals surface area contributed by atoms with Crippen molar-refractivity contribution in [2.24, 2.45) is 0 Å². The maximum Gasteiger partial charge on any atom is 0.307 e. The van der Waals surface area contributed by atoms with Gasteiger partial charge in [-0.3, -0.25) is 14.0 Å². The highest BCUT2D eigenvalue weighted by Crippen LogP contribution is 2.22. The van der Waals surface area contributed by atoms with Crippen LogP contribution in [0.4, 0.5) is 0 Å². The smallest absolute Gasteiger partial charge is 0.307 e. The number of carbonyl (C=O) groups excluding carboxylic acids is 2. The largest absolute Gasteiger partial charge is 0.493 e. The van der Waals surface area contributed by atoms with Crippen LogP contribution in [0.2, 0.25) is 0 Å². The van der Waals surface area contributed by atoms with Gasteiger partial charge >= 0.3 is 5.97 Å². The van der Waals surface area contributed by atoms with E-state index in [0.29, 0.717) is 42.5 Å². The van der Waals surface area contributed by atoms with Crippen molar-refractivity contribution in [3.05, 3.63) is 29.7 Å². The number of ether oxygens (including phenoxy) is 2. The molecule has 2 heterocycles. The summed E-state index contributed by atoms with van der Waals surface area (Å²) < 4.78 is 11.9. The van der Waals surface area contributed by atoms with E-state index in [-0.39, 0.29) is 18.3 Å². The van der Waals surface area contributed by atoms with Gasteiger partial charge in [0, 0.05) is 19.3 Å². The van der Waals surface area contributed by atoms with Crippen LogP contribution in [-0.2, 0) is 9.53 Å². The van der Waals surface area contributed by atoms with E-state index in [1.54, 1.807) is 48.6 Å². The number of aryl methyl sites for hydroxylation is 1. The minimum atomic E-state index is -0.305. The Morgan fingerprint density at radius 3 is 2.71 bits per heavy atom. The lowest BCUT2D eigenvalue weighted by Gasteiger charge is -2.20. The Morgan fingerprint density at radius 1 is 1.33 bits per heavy atom. The summed E-state index contributed by atoms with van der Waals surface area (Å²) in [4.78, 5) is 30.5. The molecule has 0 saturated heterocycles. The Balaban J connectivity index is 2.29. The average Bonchev–Trinajstić information content (AvgIpc) is 2.91. The molecule has 0 aromatic carbocycles. The highest BCUT2D eigenvalue weighted by atomic mass is 16.5. The average molecular weight is 333 g/mol. The molecule has 0 aliphatic carbocycles. The van der Waals surface area contributed by atoms with Crippen LogP contribution in [0.3, 0.4) is 0 Å². The number of aromatic nitrogens is 2. The maximum absolute atomic E-state index is 12.9. The predicted molar refractivity (Wildman–Crippen MR) is 89.3 cm³/mol. The monoisotopic (exact) mass is 333 g/mol. The zero-order chi connectivity index (χ0) is 17.7. The van der Waals surface area contributed by atoms with Crippen LogP contribution in [0.1, 0.15) is 36.5 Å². The van der Waals surface area contributed by atoms with E-state index >= 15 is 0 Å². The van der Waals surface area contributed by atoms with Crippen LogP contribution in [0.15, 0.2) is 18.3 Å². The zero-order valence-corrected chi connectivity index (χ0v) is 14.5. The highest BCUT2D eigenvalue weighted by Gasteiger charge is 2.23. The Bertz CT molecular complexity index is 739. The molecule has 130 valence electrons. The Labute approximate surface area is 141 Å². The predicted octanol–water partition coefficient (Wildman–Crippen LogP) is 2.07. The number of imidazole rings is 1. The van der Waals surface area contributed by atoms with Crippen molar-refractivity contribution in [1.82, 2.24) is 14.3 Å². The molecule has 2 rings (SSSR count). The number of methoxy groups -OCH3 is 1. The van der Waals surface area contributed by atoms with E-state index in [4.69, 9.17) is 9.47 Å². The molecule has 7 heteroatoms. The molecule has 2 aromatic rings. The number of hydrogen-bond donors (Lipinski definition) is 0. The number of rotatable bonds is 7. The van der Waals surface area contributed by atoms with Gasteiger partial charge in [0.05, 0.1) is 25.8 Å². The van der Waals surface area contributed by atoms with Gasteiger partial charge in [-0.1, -0.05) is 0 Å². The fourth-order valence-corrected chi connectivity index (χ4v) is 2.59. The first-order valence-corrected chi connectivity index (χ1v) is 8.00. The third kappa shape index (κ3) is 3.50. The summed E-state index contributed by atoms with van der Waals surface area (Å²) in [5.74, 6) is 0.134. The summed E-state index contributed by atoms with van der Waals surface area (Å²) in [5.41, 5.74) is 1.70. The summed E-state index contributed by atoms with van der Waals surface area (Å²) in [7, 11) is 1.57. The summed E-state index contributed by atoms with van der Waals surface area (Å²) in [6.07, 6.45) is 1.96. The zero-order valence-electron chi connectivity index (χ0n) is 14.5. The molecule has 0 N–H and O–H groups in total. The third-order valence-electron chi connectivity index (χ3n) is 3.77. The summed E-state index contributed by atoms with van der Waals surface area (Å²) in [5, 5.41) is 0. The molecule has 24 heavy (non-hydrogen) atoms. The maximum atomic E-state index is 12.9. The summed E-state index contributed by atoms with van der Waals surface area (Å²) in [6, 6.07) is 3.60. The third-order valence-corrected chi connectivity index (χ3v) is 3.77. The summed E-state index contributed by atoms with van der Waals surface area (Å²) in [6.45, 7) is 6.57. The van der Waals surface area contributed by atoms with Gasteiger partial charge in [-0.15, -0.1) is 0 Å². The van der Waals surface area contributed by atoms with Crippen molar-refractivity contribution in [2.45, 2.75) is 27.2 Å². The number of esters is 1. The molecule has 7 nitrogen and oxygen atoms in total. The van der Waals surface area contributed by atoms with Gasteiger partial charge in [0.1, 0.15) is 5.69 Å². The topological polar surface area (TPSA) is 73.1 Å². The quantitative estimate of drug-likeness (QED) is 0.725. The molecule has 0 radical (unpaired) electrons. The number of pyridine rings is 1. The van der Waals surface area contributed by atoms with E-state index in [9.17, 15) is 9.59 Å². The molecule has 0 atom stereocenters. The minimum absolute atomic E-state index is 0.167. The number of amides is 1. The highest BCUT2D eigenvalue weighted by molar-refractivity contribution is 5.95. The van der Waals surface area contributed by atoms with E-state index < -0.39 is 0 Å². The fourth-order valence-electron chi connectivity index (χ4n) is 2.59. The van der Waals surface area contributed by atoms with Crippen LogP contribution >= 0.6 is 0 Å². The van der Waals surface area contributed by atoms with Crippen LogP contribution in [0.25, 0.3) is 5.65 Å². The molecule has 0 bridgehead atoms. The molecule has 0 aliphatic heterocycles. The normalized spacial score (nSPS) is 10.7. The van der Waals surface area contributed by atoms with Crippen molar-refractivity contribution in [3.63, 3.8) is 0 Å². The van der Waals surface area contributed by atoms with Gasteiger partial charge in [-0.2, -0.15) is 0 Å². The molecule has 0 saturated carbocycles. The first-order chi connectivity index (χ1) is 11.5. The second-order valence-electron chi connectivity index (χ2n) is 5.26. The van der Waals surface area contributed by atoms with Gasteiger partial charge in [-0.05, 0) is 32.9 Å². The Morgan fingerprint density at radius 2 is 2.08 bits per heavy atom. The SMILES string of the molecule is CCOC(=O)CCN(CC)C(=O)c1c(C)nc2c(OC)cccn12. The van der Waals surface area contributed by atoms with Gasteiger partial charge < -0.3 is 14.4 Å². The lowest BCUT2D eigenvalue weighted by Crippen LogP contribution is -2.34. The van der Waals surface area contributed by atoms with Crippen molar-refractivity contribution >= 4 is 17.5 Å². The van der Waals surface area contributed by atoms with Crippen LogP contribution in [0.5, 0.6) is 5.75 Å². The molecular formula is C17H23N3O4. The lowest BCUT2D eigenvalue weighted by atomic mass is 10.2. The number of nitrogens with zero attached hydrogens (tertiary/aromatic N) is 3. The van der Waals surface area contributed by atoms with Crippen molar-refractivity contribution < 1.29 is 19.1 Å². The molecular weight excluding hydrogens is 310 g/mol. The first-order valence-electron chi connectivity index (χ1n) is 8.00. The minimum Gasteiger partial charge on any atom is -0.493 e. The van der Waals surface area contributed by atoms with Gasteiger partial charge in [0.25, 0.3) is 5.91 Å². The molecule has 1 amide bonds. The van der Waals surface area contributed by atoms with Crippen molar-refractivity contribution in [2.75, 3.05) is 26.8 Å². The van der Waals surface area contributed by atoms with Crippen LogP contribution in [-0.4, -0.2) is 53.0 Å². The van der Waals surface area contributed by atoms with E-state index in [0.717, 1.165) is 0 Å². The van der Waals surface area contributed by atoms with Gasteiger partial charge in [0.2, 0.25) is 0 Å². The molecule has 0 aliphatic rings. The fraction of sp³-hybridized carbons (Fsp3) is 0.471. The van der Waals surface area contributed by atoms with E-state index in [2.05, 4.69) is 4.98 Å². The van der Waals surface area contributed by atoms with Crippen molar-refractivity contribution in [1.29, 1.82) is 0 Å². The summed E-state index contributed by atoms with van der Waals surface area (Å²) >= 11 is 0. The lowest BCUT2D eigenvalue weighted by molar-refractivity contribution is -0.143. The van der Waals surface area contributed by atoms with Crippen LogP contribution in [0, 0.1) is 6.92 Å². The van der Waals surface area contributed by atoms with Crippen molar-refractivity contribution in [3.8, 4) is 5.75 Å². The van der Waals surface area contributed by atoms with Crippen LogP contribution < -0.4 is 4.74 Å². The number of hydrogen-bond acceptors (Lipinski definition) is 5. The van der Waals surface area contributed by atoms with E-state index in [1.807, 2.05) is 6.92 Å². The van der Waals surface area contributed by atoms with Gasteiger partial charge in [-0.25, -0.2) is 4.98 Å². The molecule has 0 spiro atoms.